The van der Waals surface area contributed by atoms with Crippen LogP contribution in [0.2, 0.25) is 0 Å². The lowest BCUT2D eigenvalue weighted by molar-refractivity contribution is -0.193. The number of aliphatic carboxylic acids is 2. The molecule has 2 heterocycles. The van der Waals surface area contributed by atoms with Gasteiger partial charge in [0.15, 0.2) is 0 Å². The number of carbonyl (C=O) groups is 2. The molecule has 1 aliphatic rings. The number of carboxylic acid groups (broad SMARTS) is 2. The largest absolute Gasteiger partial charge is 0.497 e. The molecule has 15 heteroatoms. The Morgan fingerprint density at radius 2 is 1.54 bits per heavy atom. The second-order valence-corrected chi connectivity index (χ2v) is 8.25. The Morgan fingerprint density at radius 3 is 1.97 bits per heavy atom. The van der Waals surface area contributed by atoms with Gasteiger partial charge in [-0.3, -0.25) is 4.90 Å². The molecule has 208 valence electrons. The molecule has 0 bridgehead atoms. The van der Waals surface area contributed by atoms with Gasteiger partial charge in [-0.1, -0.05) is 12.1 Å². The number of nitrogens with zero attached hydrogens (tertiary/aromatic N) is 4. The van der Waals surface area contributed by atoms with E-state index >= 15 is 0 Å². The van der Waals surface area contributed by atoms with Crippen molar-refractivity contribution in [2.75, 3.05) is 34.3 Å². The van der Waals surface area contributed by atoms with E-state index in [9.17, 15) is 26.3 Å². The Morgan fingerprint density at radius 1 is 1.03 bits per heavy atom. The highest BCUT2D eigenvalue weighted by molar-refractivity contribution is 5.73. The third-order valence-corrected chi connectivity index (χ3v) is 4.81. The summed E-state index contributed by atoms with van der Waals surface area (Å²) < 4.78 is 71.0. The van der Waals surface area contributed by atoms with Crippen LogP contribution in [-0.2, 0) is 29.2 Å². The molecular formula is C22H28F6N4O5. The summed E-state index contributed by atoms with van der Waals surface area (Å²) >= 11 is 0. The standard InChI is InChI=1S/C18H26N4O.2C2HF3O2/c1-20(2)10-16-12-21(14-18-19-8-9-22(18)13-16)11-15-4-6-17(23-3)7-5-15;2*3-2(4,5)1(6)7/h4-9,16H,10-14H2,1-3H3;2*(H,6,7). The number of carboxylic acids is 2. The van der Waals surface area contributed by atoms with Crippen LogP contribution in [0.1, 0.15) is 11.4 Å². The summed E-state index contributed by atoms with van der Waals surface area (Å²) in [6.07, 6.45) is -6.15. The zero-order valence-corrected chi connectivity index (χ0v) is 20.3. The molecule has 1 unspecified atom stereocenters. The number of fused-ring (bicyclic) bond motifs is 1. The van der Waals surface area contributed by atoms with Gasteiger partial charge in [-0.15, -0.1) is 0 Å². The minimum absolute atomic E-state index is 0.610. The Bertz CT molecular complexity index is 969. The van der Waals surface area contributed by atoms with E-state index < -0.39 is 24.3 Å². The molecule has 9 nitrogen and oxygen atoms in total. The molecule has 1 aliphatic heterocycles. The maximum atomic E-state index is 10.6. The van der Waals surface area contributed by atoms with Crippen LogP contribution < -0.4 is 4.74 Å². The molecule has 0 radical (unpaired) electrons. The van der Waals surface area contributed by atoms with Crippen LogP contribution in [0.3, 0.4) is 0 Å². The Balaban J connectivity index is 0.000000404. The molecule has 0 saturated carbocycles. The van der Waals surface area contributed by atoms with Gasteiger partial charge >= 0.3 is 24.3 Å². The molecule has 0 aliphatic carbocycles. The Hall–Kier alpha value is -3.33. The lowest BCUT2D eigenvalue weighted by Crippen LogP contribution is -2.33. The van der Waals surface area contributed by atoms with Gasteiger partial charge in [-0.05, 0) is 31.8 Å². The number of aromatic nitrogens is 2. The summed E-state index contributed by atoms with van der Waals surface area (Å²) in [5.41, 5.74) is 1.31. The molecule has 0 amide bonds. The maximum absolute atomic E-state index is 10.6. The predicted molar refractivity (Wildman–Crippen MR) is 119 cm³/mol. The normalized spacial score (nSPS) is 15.9. The first-order chi connectivity index (χ1) is 17.0. The topological polar surface area (TPSA) is 108 Å². The van der Waals surface area contributed by atoms with Gasteiger partial charge in [-0.2, -0.15) is 26.3 Å². The number of halogens is 6. The molecule has 1 aromatic carbocycles. The van der Waals surface area contributed by atoms with Crippen molar-refractivity contribution in [2.24, 2.45) is 5.92 Å². The molecule has 1 aromatic heterocycles. The third kappa shape index (κ3) is 12.0. The average Bonchev–Trinajstić information content (AvgIpc) is 3.13. The van der Waals surface area contributed by atoms with Crippen LogP contribution in [-0.4, -0.2) is 88.1 Å². The molecule has 0 fully saturated rings. The zero-order valence-electron chi connectivity index (χ0n) is 20.3. The van der Waals surface area contributed by atoms with Gasteiger partial charge in [0, 0.05) is 44.5 Å². The molecular weight excluding hydrogens is 514 g/mol. The second kappa shape index (κ2) is 13.8. The van der Waals surface area contributed by atoms with Crippen LogP contribution in [0.15, 0.2) is 36.7 Å². The first-order valence-corrected chi connectivity index (χ1v) is 10.6. The van der Waals surface area contributed by atoms with Crippen LogP contribution in [0.4, 0.5) is 26.3 Å². The predicted octanol–water partition coefficient (Wildman–Crippen LogP) is 3.35. The number of hydrogen-bond donors (Lipinski definition) is 2. The molecule has 2 N–H and O–H groups in total. The first kappa shape index (κ1) is 31.7. The van der Waals surface area contributed by atoms with E-state index in [-0.39, 0.29) is 0 Å². The lowest BCUT2D eigenvalue weighted by atomic mass is 10.1. The summed E-state index contributed by atoms with van der Waals surface area (Å²) in [5.74, 6) is -2.83. The summed E-state index contributed by atoms with van der Waals surface area (Å²) in [7, 11) is 6.00. The number of rotatable bonds is 5. The average molecular weight is 542 g/mol. The second-order valence-electron chi connectivity index (χ2n) is 8.25. The highest BCUT2D eigenvalue weighted by Gasteiger charge is 2.38. The van der Waals surface area contributed by atoms with Gasteiger partial charge < -0.3 is 24.4 Å². The van der Waals surface area contributed by atoms with Crippen LogP contribution in [0.25, 0.3) is 0 Å². The van der Waals surface area contributed by atoms with Crippen molar-refractivity contribution in [3.63, 3.8) is 0 Å². The highest BCUT2D eigenvalue weighted by atomic mass is 19.4. The minimum Gasteiger partial charge on any atom is -0.497 e. The maximum Gasteiger partial charge on any atom is 0.490 e. The van der Waals surface area contributed by atoms with Gasteiger partial charge in [0.2, 0.25) is 0 Å². The van der Waals surface area contributed by atoms with Crippen LogP contribution in [0, 0.1) is 5.92 Å². The molecule has 1 atom stereocenters. The fourth-order valence-electron chi connectivity index (χ4n) is 3.36. The zero-order chi connectivity index (χ0) is 28.4. The molecule has 2 aromatic rings. The number of hydrogen-bond acceptors (Lipinski definition) is 6. The van der Waals surface area contributed by atoms with E-state index in [0.717, 1.165) is 38.5 Å². The quantitative estimate of drug-likeness (QED) is 0.554. The van der Waals surface area contributed by atoms with Crippen molar-refractivity contribution < 1.29 is 50.9 Å². The minimum atomic E-state index is -5.08. The van der Waals surface area contributed by atoms with Crippen LogP contribution in [0.5, 0.6) is 5.75 Å². The molecule has 37 heavy (non-hydrogen) atoms. The number of benzene rings is 1. The van der Waals surface area contributed by atoms with E-state index in [1.54, 1.807) is 7.11 Å². The van der Waals surface area contributed by atoms with Gasteiger partial charge in [0.1, 0.15) is 11.6 Å². The van der Waals surface area contributed by atoms with E-state index in [2.05, 4.69) is 51.8 Å². The smallest absolute Gasteiger partial charge is 0.490 e. The summed E-state index contributed by atoms with van der Waals surface area (Å²) in [5, 5.41) is 14.2. The fraction of sp³-hybridized carbons (Fsp3) is 0.500. The lowest BCUT2D eigenvalue weighted by Gasteiger charge is -2.25. The van der Waals surface area contributed by atoms with E-state index in [0.29, 0.717) is 5.92 Å². The number of alkyl halides is 6. The SMILES string of the molecule is COc1ccc(CN2Cc3nccn3CC(CN(C)C)C2)cc1.O=C(O)C(F)(F)F.O=C(O)C(F)(F)F. The van der Waals surface area contributed by atoms with Crippen LogP contribution >= 0.6 is 0 Å². The van der Waals surface area contributed by atoms with Crippen molar-refractivity contribution in [3.05, 3.63) is 48.0 Å². The molecule has 0 saturated heterocycles. The third-order valence-electron chi connectivity index (χ3n) is 4.81. The summed E-state index contributed by atoms with van der Waals surface area (Å²) in [6.45, 7) is 5.08. The Kier molecular flexibility index (Phi) is 11.9. The van der Waals surface area contributed by atoms with Crippen molar-refractivity contribution in [2.45, 2.75) is 32.0 Å². The molecule has 3 rings (SSSR count). The van der Waals surface area contributed by atoms with Gasteiger partial charge in [0.05, 0.1) is 13.7 Å². The number of methoxy groups -OCH3 is 1. The van der Waals surface area contributed by atoms with E-state index in [1.165, 1.54) is 11.4 Å². The Labute approximate surface area is 208 Å². The van der Waals surface area contributed by atoms with Crippen molar-refractivity contribution in [3.8, 4) is 5.75 Å². The van der Waals surface area contributed by atoms with E-state index in [4.69, 9.17) is 24.5 Å². The fourth-order valence-corrected chi connectivity index (χ4v) is 3.36. The van der Waals surface area contributed by atoms with E-state index in [1.807, 2.05) is 18.3 Å². The van der Waals surface area contributed by atoms with Gasteiger partial charge in [-0.25, -0.2) is 14.6 Å². The summed E-state index contributed by atoms with van der Waals surface area (Å²) in [4.78, 5) is 27.1. The first-order valence-electron chi connectivity index (χ1n) is 10.6. The monoisotopic (exact) mass is 542 g/mol. The number of ether oxygens (including phenoxy) is 1. The molecule has 0 spiro atoms. The van der Waals surface area contributed by atoms with Crippen molar-refractivity contribution in [1.29, 1.82) is 0 Å². The summed E-state index contributed by atoms with van der Waals surface area (Å²) in [6, 6.07) is 8.37. The number of imidazole rings is 1. The van der Waals surface area contributed by atoms with Crippen molar-refractivity contribution >= 4 is 11.9 Å². The van der Waals surface area contributed by atoms with Crippen molar-refractivity contribution in [1.82, 2.24) is 19.4 Å². The highest BCUT2D eigenvalue weighted by Crippen LogP contribution is 2.20. The van der Waals surface area contributed by atoms with Gasteiger partial charge in [0.25, 0.3) is 0 Å².